The first-order chi connectivity index (χ1) is 24.0. The van der Waals surface area contributed by atoms with Crippen molar-refractivity contribution in [2.45, 2.75) is 31.3 Å². The maximum Gasteiger partial charge on any atom is 0.203 e. The van der Waals surface area contributed by atoms with E-state index in [4.69, 9.17) is 18.9 Å². The van der Waals surface area contributed by atoms with E-state index < -0.39 is 9.84 Å². The van der Waals surface area contributed by atoms with E-state index in [-0.39, 0.29) is 30.5 Å². The summed E-state index contributed by atoms with van der Waals surface area (Å²) in [5, 5.41) is 1.17. The van der Waals surface area contributed by atoms with Crippen LogP contribution in [0.25, 0.3) is 6.08 Å². The molecule has 0 amide bonds. The van der Waals surface area contributed by atoms with E-state index in [2.05, 4.69) is 0 Å². The van der Waals surface area contributed by atoms with Gasteiger partial charge in [-0.1, -0.05) is 133 Å². The zero-order chi connectivity index (χ0) is 33.7. The highest BCUT2D eigenvalue weighted by atomic mass is 32.2. The predicted octanol–water partition coefficient (Wildman–Crippen LogP) is 9.45. The lowest BCUT2D eigenvalue weighted by atomic mass is 10.1. The van der Waals surface area contributed by atoms with E-state index in [1.807, 2.05) is 133 Å². The van der Waals surface area contributed by atoms with Gasteiger partial charge in [0, 0.05) is 17.0 Å². The number of sulfone groups is 1. The maximum absolute atomic E-state index is 14.1. The Labute approximate surface area is 287 Å². The van der Waals surface area contributed by atoms with Crippen molar-refractivity contribution in [1.82, 2.24) is 0 Å². The highest BCUT2D eigenvalue weighted by Crippen LogP contribution is 2.36. The Bertz CT molecular complexity index is 2060. The molecular formula is C42H36O6S. The van der Waals surface area contributed by atoms with E-state index in [1.165, 1.54) is 17.6 Å². The summed E-state index contributed by atoms with van der Waals surface area (Å²) in [5.41, 5.74) is 4.40. The van der Waals surface area contributed by atoms with Gasteiger partial charge in [-0.3, -0.25) is 0 Å². The van der Waals surface area contributed by atoms with E-state index in [1.54, 1.807) is 18.2 Å². The van der Waals surface area contributed by atoms with E-state index in [0.717, 1.165) is 22.3 Å². The van der Waals surface area contributed by atoms with Crippen LogP contribution in [0.5, 0.6) is 23.0 Å². The first kappa shape index (κ1) is 33.1. The summed E-state index contributed by atoms with van der Waals surface area (Å²) in [6.45, 7) is 1.10. The number of benzene rings is 6. The Balaban J connectivity index is 1.30. The summed E-state index contributed by atoms with van der Waals surface area (Å²) in [6.07, 6.45) is 1.53. The van der Waals surface area contributed by atoms with Crippen LogP contribution in [0.3, 0.4) is 0 Å². The lowest BCUT2D eigenvalue weighted by molar-refractivity contribution is 0.255. The van der Waals surface area contributed by atoms with E-state index in [9.17, 15) is 8.42 Å². The van der Waals surface area contributed by atoms with Gasteiger partial charge in [-0.05, 0) is 46.5 Å². The fourth-order valence-electron chi connectivity index (χ4n) is 5.03. The molecule has 0 unspecified atom stereocenters. The van der Waals surface area contributed by atoms with Crippen molar-refractivity contribution >= 4 is 15.9 Å². The normalized spacial score (nSPS) is 11.3. The molecule has 0 atom stereocenters. The number of hydrogen-bond acceptors (Lipinski definition) is 6. The Morgan fingerprint density at radius 1 is 0.449 bits per heavy atom. The third-order valence-electron chi connectivity index (χ3n) is 7.61. The molecule has 0 spiro atoms. The molecule has 0 bridgehead atoms. The summed E-state index contributed by atoms with van der Waals surface area (Å²) in [7, 11) is -4.03. The Kier molecular flexibility index (Phi) is 11.1. The van der Waals surface area contributed by atoms with Crippen LogP contribution < -0.4 is 18.9 Å². The van der Waals surface area contributed by atoms with Crippen LogP contribution in [0.2, 0.25) is 0 Å². The zero-order valence-corrected chi connectivity index (χ0v) is 27.7. The lowest BCUT2D eigenvalue weighted by Gasteiger charge is -2.16. The topological polar surface area (TPSA) is 71.1 Å². The molecule has 6 aromatic carbocycles. The SMILES string of the molecule is O=S(=O)(/C=C/c1cccc(OCc2ccccc2)c1OCc1ccccc1)c1cc(OCc2ccccc2)ccc1OCc1ccccc1. The summed E-state index contributed by atoms with van der Waals surface area (Å²) in [5.74, 6) is 1.57. The molecule has 0 aliphatic rings. The molecule has 0 radical (unpaired) electrons. The summed E-state index contributed by atoms with van der Waals surface area (Å²) >= 11 is 0. The first-order valence-corrected chi connectivity index (χ1v) is 17.5. The fourth-order valence-corrected chi connectivity index (χ4v) is 6.19. The Morgan fingerprint density at radius 3 is 1.45 bits per heavy atom. The van der Waals surface area contributed by atoms with Crippen molar-refractivity contribution in [3.63, 3.8) is 0 Å². The van der Waals surface area contributed by atoms with Gasteiger partial charge in [-0.2, -0.15) is 0 Å². The minimum atomic E-state index is -4.03. The van der Waals surface area contributed by atoms with Crippen LogP contribution in [0.15, 0.2) is 168 Å². The monoisotopic (exact) mass is 668 g/mol. The van der Waals surface area contributed by atoms with Gasteiger partial charge in [-0.15, -0.1) is 0 Å². The number of hydrogen-bond donors (Lipinski definition) is 0. The lowest BCUT2D eigenvalue weighted by Crippen LogP contribution is -2.05. The average molecular weight is 669 g/mol. The molecule has 0 heterocycles. The van der Waals surface area contributed by atoms with Gasteiger partial charge in [0.25, 0.3) is 0 Å². The quantitative estimate of drug-likeness (QED) is 0.109. The summed E-state index contributed by atoms with van der Waals surface area (Å²) in [4.78, 5) is -0.00604. The summed E-state index contributed by atoms with van der Waals surface area (Å²) in [6, 6.07) is 49.2. The van der Waals surface area contributed by atoms with Gasteiger partial charge in [0.2, 0.25) is 9.84 Å². The minimum absolute atomic E-state index is 0.00604. The Morgan fingerprint density at radius 2 is 0.918 bits per heavy atom. The second kappa shape index (κ2) is 16.4. The van der Waals surface area contributed by atoms with Gasteiger partial charge in [0.05, 0.1) is 0 Å². The van der Waals surface area contributed by atoms with Crippen molar-refractivity contribution in [3.8, 4) is 23.0 Å². The highest BCUT2D eigenvalue weighted by Gasteiger charge is 2.20. The summed E-state index contributed by atoms with van der Waals surface area (Å²) < 4.78 is 52.7. The minimum Gasteiger partial charge on any atom is -0.489 e. The second-order valence-corrected chi connectivity index (χ2v) is 13.0. The molecule has 49 heavy (non-hydrogen) atoms. The average Bonchev–Trinajstić information content (AvgIpc) is 3.16. The van der Waals surface area contributed by atoms with Crippen LogP contribution in [0, 0.1) is 0 Å². The Hall–Kier alpha value is -5.79. The highest BCUT2D eigenvalue weighted by molar-refractivity contribution is 7.94. The smallest absolute Gasteiger partial charge is 0.203 e. The molecule has 246 valence electrons. The predicted molar refractivity (Wildman–Crippen MR) is 192 cm³/mol. The van der Waals surface area contributed by atoms with E-state index >= 15 is 0 Å². The van der Waals surface area contributed by atoms with Crippen molar-refractivity contribution < 1.29 is 27.4 Å². The third kappa shape index (κ3) is 9.40. The van der Waals surface area contributed by atoms with Gasteiger partial charge in [0.15, 0.2) is 11.5 Å². The van der Waals surface area contributed by atoms with Gasteiger partial charge < -0.3 is 18.9 Å². The molecule has 0 aliphatic heterocycles. The van der Waals surface area contributed by atoms with Crippen LogP contribution in [-0.2, 0) is 36.3 Å². The second-order valence-electron chi connectivity index (χ2n) is 11.2. The van der Waals surface area contributed by atoms with Crippen LogP contribution in [0.1, 0.15) is 27.8 Å². The van der Waals surface area contributed by atoms with Crippen molar-refractivity contribution in [2.24, 2.45) is 0 Å². The fraction of sp³-hybridized carbons (Fsp3) is 0.0952. The molecular weight excluding hydrogens is 633 g/mol. The largest absolute Gasteiger partial charge is 0.489 e. The third-order valence-corrected chi connectivity index (χ3v) is 9.03. The molecule has 6 nitrogen and oxygen atoms in total. The molecule has 6 aromatic rings. The molecule has 0 saturated carbocycles. The van der Waals surface area contributed by atoms with E-state index in [0.29, 0.717) is 29.4 Å². The van der Waals surface area contributed by atoms with Gasteiger partial charge >= 0.3 is 0 Å². The van der Waals surface area contributed by atoms with Crippen molar-refractivity contribution in [2.75, 3.05) is 0 Å². The van der Waals surface area contributed by atoms with Gasteiger partial charge in [0.1, 0.15) is 42.8 Å². The molecule has 0 fully saturated rings. The number of rotatable bonds is 15. The molecule has 7 heteroatoms. The first-order valence-electron chi connectivity index (χ1n) is 15.9. The number of para-hydroxylation sites is 1. The van der Waals surface area contributed by atoms with Gasteiger partial charge in [-0.25, -0.2) is 8.42 Å². The molecule has 0 saturated heterocycles. The van der Waals surface area contributed by atoms with Crippen molar-refractivity contribution in [1.29, 1.82) is 0 Å². The van der Waals surface area contributed by atoms with Crippen molar-refractivity contribution in [3.05, 3.63) is 191 Å². The maximum atomic E-state index is 14.1. The standard InChI is InChI=1S/C42H36O6S/c43-49(44,41-28-38(45-29-33-14-5-1-6-15-33)24-25-39(41)46-30-34-16-7-2-8-17-34)27-26-37-22-13-23-40(47-31-35-18-9-3-10-19-35)42(37)48-32-36-20-11-4-12-21-36/h1-28H,29-32H2/b27-26+. The molecule has 0 aliphatic carbocycles. The zero-order valence-electron chi connectivity index (χ0n) is 26.9. The van der Waals surface area contributed by atoms with Crippen LogP contribution in [0.4, 0.5) is 0 Å². The molecule has 0 aromatic heterocycles. The molecule has 6 rings (SSSR count). The van der Waals surface area contributed by atoms with Crippen LogP contribution in [-0.4, -0.2) is 8.42 Å². The number of ether oxygens (including phenoxy) is 4. The molecule has 0 N–H and O–H groups in total. The van der Waals surface area contributed by atoms with Crippen LogP contribution >= 0.6 is 0 Å².